The Morgan fingerprint density at radius 1 is 1.05 bits per heavy atom. The predicted octanol–water partition coefficient (Wildman–Crippen LogP) is 4.56. The number of hydrogen-bond donors (Lipinski definition) is 3. The highest BCUT2D eigenvalue weighted by Crippen LogP contribution is 2.32. The van der Waals surface area contributed by atoms with E-state index in [2.05, 4.69) is 19.9 Å². The van der Waals surface area contributed by atoms with Gasteiger partial charge in [0.05, 0.1) is 25.4 Å². The molecule has 4 N–H and O–H groups in total. The average Bonchev–Trinajstić information content (AvgIpc) is 2.92. The lowest BCUT2D eigenvalue weighted by Gasteiger charge is -2.33. The fraction of sp³-hybridized carbons (Fsp3) is 0.781. The minimum atomic E-state index is -0.828. The molecule has 8 nitrogen and oxygen atoms in total. The highest BCUT2D eigenvalue weighted by Gasteiger charge is 2.33. The van der Waals surface area contributed by atoms with Crippen LogP contribution in [0, 0.1) is 23.7 Å². The maximum atomic E-state index is 13.2. The number of Topliss-reactive ketones (excluding diaryl/α,β-unsaturated/α-hetero) is 1. The Hall–Kier alpha value is -1.71. The van der Waals surface area contributed by atoms with Crippen molar-refractivity contribution in [2.75, 3.05) is 40.6 Å². The van der Waals surface area contributed by atoms with E-state index in [-0.39, 0.29) is 23.5 Å². The second-order valence-electron chi connectivity index (χ2n) is 12.2. The molecule has 1 aliphatic rings. The van der Waals surface area contributed by atoms with E-state index in [0.29, 0.717) is 82.4 Å². The summed E-state index contributed by atoms with van der Waals surface area (Å²) in [7, 11) is 3.31. The summed E-state index contributed by atoms with van der Waals surface area (Å²) in [6.07, 6.45) is 3.67. The van der Waals surface area contributed by atoms with E-state index in [1.165, 1.54) is 0 Å². The van der Waals surface area contributed by atoms with Gasteiger partial charge in [0.25, 0.3) is 0 Å². The van der Waals surface area contributed by atoms with Crippen molar-refractivity contribution >= 4 is 5.78 Å². The quantitative estimate of drug-likeness (QED) is 0.209. The topological polar surface area (TPSA) is 120 Å². The lowest BCUT2D eigenvalue weighted by molar-refractivity contribution is -0.128. The number of carbonyl (C=O) groups is 1. The summed E-state index contributed by atoms with van der Waals surface area (Å²) in [6, 6.07) is 5.58. The van der Waals surface area contributed by atoms with Gasteiger partial charge in [-0.2, -0.15) is 0 Å². The maximum Gasteiger partial charge on any atom is 0.161 e. The first-order valence-corrected chi connectivity index (χ1v) is 15.0. The summed E-state index contributed by atoms with van der Waals surface area (Å²) in [5, 5.41) is 21.9. The zero-order valence-corrected chi connectivity index (χ0v) is 25.7. The Kier molecular flexibility index (Phi) is 14.9. The number of benzene rings is 1. The van der Waals surface area contributed by atoms with E-state index < -0.39 is 17.7 Å². The van der Waals surface area contributed by atoms with Gasteiger partial charge in [0, 0.05) is 51.7 Å². The first-order valence-electron chi connectivity index (χ1n) is 15.0. The fourth-order valence-electron chi connectivity index (χ4n) is 5.50. The van der Waals surface area contributed by atoms with Crippen LogP contribution in [0.4, 0.5) is 0 Å². The molecule has 1 heterocycles. The summed E-state index contributed by atoms with van der Waals surface area (Å²) in [5.74, 6) is 1.90. The SMILES string of the molecule is COCCCOc1cc(C[C@@H](C[C@H](N)[C@@H](O)C[C@H](C(=O)CCC2(O)CCOCC2)C(C)C)C(C)C)ccc1OC. The predicted molar refractivity (Wildman–Crippen MR) is 158 cm³/mol. The number of aliphatic hydroxyl groups is 2. The number of carbonyl (C=O) groups excluding carboxylic acids is 1. The monoisotopic (exact) mass is 565 g/mol. The third-order valence-corrected chi connectivity index (χ3v) is 8.46. The van der Waals surface area contributed by atoms with Crippen LogP contribution >= 0.6 is 0 Å². The zero-order chi connectivity index (χ0) is 29.7. The summed E-state index contributed by atoms with van der Waals surface area (Å²) >= 11 is 0. The van der Waals surface area contributed by atoms with E-state index >= 15 is 0 Å². The van der Waals surface area contributed by atoms with Gasteiger partial charge in [-0.05, 0) is 74.0 Å². The molecule has 0 saturated carbocycles. The third-order valence-electron chi connectivity index (χ3n) is 8.46. The van der Waals surface area contributed by atoms with Crippen molar-refractivity contribution < 1.29 is 34.0 Å². The van der Waals surface area contributed by atoms with E-state index in [9.17, 15) is 15.0 Å². The smallest absolute Gasteiger partial charge is 0.161 e. The van der Waals surface area contributed by atoms with Crippen LogP contribution in [0.5, 0.6) is 11.5 Å². The van der Waals surface area contributed by atoms with Gasteiger partial charge in [-0.1, -0.05) is 33.8 Å². The largest absolute Gasteiger partial charge is 0.493 e. The van der Waals surface area contributed by atoms with Crippen molar-refractivity contribution in [3.8, 4) is 11.5 Å². The molecular weight excluding hydrogens is 510 g/mol. The van der Waals surface area contributed by atoms with Crippen LogP contribution in [-0.4, -0.2) is 74.4 Å². The summed E-state index contributed by atoms with van der Waals surface area (Å²) < 4.78 is 21.9. The van der Waals surface area contributed by atoms with Gasteiger partial charge in [-0.25, -0.2) is 0 Å². The van der Waals surface area contributed by atoms with Gasteiger partial charge in [0.2, 0.25) is 0 Å². The number of nitrogens with two attached hydrogens (primary N) is 1. The van der Waals surface area contributed by atoms with Crippen molar-refractivity contribution in [2.24, 2.45) is 29.4 Å². The summed E-state index contributed by atoms with van der Waals surface area (Å²) in [6.45, 7) is 10.6. The molecule has 230 valence electrons. The number of hydrogen-bond acceptors (Lipinski definition) is 8. The van der Waals surface area contributed by atoms with Crippen LogP contribution in [-0.2, 0) is 20.7 Å². The molecule has 4 atom stereocenters. The molecule has 1 aromatic rings. The summed E-state index contributed by atoms with van der Waals surface area (Å²) in [5.41, 5.74) is 6.87. The number of ketones is 1. The molecule has 0 amide bonds. The molecule has 0 radical (unpaired) electrons. The number of rotatable bonds is 19. The van der Waals surface area contributed by atoms with Gasteiger partial charge >= 0.3 is 0 Å². The highest BCUT2D eigenvalue weighted by molar-refractivity contribution is 5.81. The van der Waals surface area contributed by atoms with Crippen LogP contribution in [0.2, 0.25) is 0 Å². The molecule has 40 heavy (non-hydrogen) atoms. The Morgan fingerprint density at radius 3 is 2.35 bits per heavy atom. The van der Waals surface area contributed by atoms with Crippen molar-refractivity contribution in [2.45, 2.75) is 96.8 Å². The number of ether oxygens (including phenoxy) is 4. The maximum absolute atomic E-state index is 13.2. The molecule has 0 aromatic heterocycles. The Morgan fingerprint density at radius 2 is 1.75 bits per heavy atom. The second-order valence-corrected chi connectivity index (χ2v) is 12.2. The first-order chi connectivity index (χ1) is 19.0. The highest BCUT2D eigenvalue weighted by atomic mass is 16.5. The van der Waals surface area contributed by atoms with Gasteiger partial charge in [0.15, 0.2) is 11.5 Å². The standard InChI is InChI=1S/C32H55NO7/c1-22(2)25(18-24-8-9-30(38-6)31(19-24)40-15-7-14-37-5)20-27(33)29(35)21-26(23(3)4)28(34)10-11-32(36)12-16-39-17-13-32/h8-9,19,22-23,25-27,29,35-36H,7,10-18,20-21,33H2,1-6H3/t25-,26-,27-,29-/m0/s1. The van der Waals surface area contributed by atoms with Crippen molar-refractivity contribution in [3.05, 3.63) is 23.8 Å². The average molecular weight is 566 g/mol. The van der Waals surface area contributed by atoms with Crippen molar-refractivity contribution in [3.63, 3.8) is 0 Å². The minimum Gasteiger partial charge on any atom is -0.493 e. The van der Waals surface area contributed by atoms with Gasteiger partial charge in [-0.3, -0.25) is 4.79 Å². The third kappa shape index (κ3) is 11.3. The van der Waals surface area contributed by atoms with Crippen LogP contribution in [0.1, 0.15) is 78.2 Å². The van der Waals surface area contributed by atoms with E-state index in [0.717, 1.165) is 18.4 Å². The van der Waals surface area contributed by atoms with Crippen molar-refractivity contribution in [1.29, 1.82) is 0 Å². The first kappa shape index (κ1) is 34.5. The Labute approximate surface area is 241 Å². The van der Waals surface area contributed by atoms with Crippen LogP contribution in [0.15, 0.2) is 18.2 Å². The lowest BCUT2D eigenvalue weighted by atomic mass is 9.78. The van der Waals surface area contributed by atoms with E-state index in [1.54, 1.807) is 14.2 Å². The lowest BCUT2D eigenvalue weighted by Crippen LogP contribution is -2.41. The molecule has 0 bridgehead atoms. The molecule has 2 rings (SSSR count). The van der Waals surface area contributed by atoms with Crippen LogP contribution < -0.4 is 15.2 Å². The Bertz CT molecular complexity index is 869. The molecule has 0 spiro atoms. The molecule has 1 fully saturated rings. The van der Waals surface area contributed by atoms with Gasteiger partial charge in [-0.15, -0.1) is 0 Å². The van der Waals surface area contributed by atoms with Crippen LogP contribution in [0.25, 0.3) is 0 Å². The number of aliphatic hydroxyl groups excluding tert-OH is 1. The van der Waals surface area contributed by atoms with Gasteiger partial charge < -0.3 is 34.9 Å². The molecule has 1 aliphatic heterocycles. The molecule has 1 saturated heterocycles. The van der Waals surface area contributed by atoms with E-state index in [4.69, 9.17) is 24.7 Å². The molecule has 0 unspecified atom stereocenters. The Balaban J connectivity index is 1.99. The minimum absolute atomic E-state index is 0.0844. The fourth-order valence-corrected chi connectivity index (χ4v) is 5.50. The molecular formula is C32H55NO7. The second kappa shape index (κ2) is 17.3. The van der Waals surface area contributed by atoms with Crippen molar-refractivity contribution in [1.82, 2.24) is 0 Å². The zero-order valence-electron chi connectivity index (χ0n) is 25.7. The number of methoxy groups -OCH3 is 2. The van der Waals surface area contributed by atoms with Crippen LogP contribution in [0.3, 0.4) is 0 Å². The molecule has 8 heteroatoms. The molecule has 0 aliphatic carbocycles. The molecule has 1 aromatic carbocycles. The van der Waals surface area contributed by atoms with Gasteiger partial charge in [0.1, 0.15) is 5.78 Å². The van der Waals surface area contributed by atoms with E-state index in [1.807, 2.05) is 26.0 Å². The normalized spacial score (nSPS) is 18.4. The summed E-state index contributed by atoms with van der Waals surface area (Å²) in [4.78, 5) is 13.2.